The Balaban J connectivity index is 3.13. The van der Waals surface area contributed by atoms with Crippen molar-refractivity contribution >= 4 is 0 Å². The van der Waals surface area contributed by atoms with E-state index in [1.165, 1.54) is 12.1 Å². The zero-order chi connectivity index (χ0) is 11.4. The highest BCUT2D eigenvalue weighted by Crippen LogP contribution is 2.30. The van der Waals surface area contributed by atoms with Crippen LogP contribution in [0.25, 0.3) is 0 Å². The van der Waals surface area contributed by atoms with Crippen molar-refractivity contribution in [3.05, 3.63) is 42.0 Å². The van der Waals surface area contributed by atoms with E-state index in [1.807, 2.05) is 0 Å². The molecule has 0 radical (unpaired) electrons. The standard InChI is InChI=1S/C11H12F2O2/c1-3-9(14)8-6-4-5-7(2)10(8)15-11(12)13/h3-6,9,11,14H,1H2,2H3. The van der Waals surface area contributed by atoms with Crippen LogP contribution in [0.15, 0.2) is 30.9 Å². The van der Waals surface area contributed by atoms with Crippen molar-refractivity contribution in [1.82, 2.24) is 0 Å². The molecular weight excluding hydrogens is 202 g/mol. The molecule has 1 rings (SSSR count). The second kappa shape index (κ2) is 4.89. The van der Waals surface area contributed by atoms with E-state index in [-0.39, 0.29) is 5.75 Å². The van der Waals surface area contributed by atoms with E-state index in [0.29, 0.717) is 11.1 Å². The van der Waals surface area contributed by atoms with E-state index >= 15 is 0 Å². The molecule has 0 aliphatic heterocycles. The quantitative estimate of drug-likeness (QED) is 0.781. The average Bonchev–Trinajstić information content (AvgIpc) is 2.19. The van der Waals surface area contributed by atoms with Crippen LogP contribution in [0.1, 0.15) is 17.2 Å². The molecular formula is C11H12F2O2. The predicted octanol–water partition coefficient (Wildman–Crippen LogP) is 2.82. The van der Waals surface area contributed by atoms with Gasteiger partial charge in [0.15, 0.2) is 0 Å². The van der Waals surface area contributed by atoms with Crippen LogP contribution in [0.4, 0.5) is 8.78 Å². The van der Waals surface area contributed by atoms with E-state index < -0.39 is 12.7 Å². The fraction of sp³-hybridized carbons (Fsp3) is 0.273. The third-order valence-corrected chi connectivity index (χ3v) is 1.99. The Bertz CT molecular complexity index is 350. The van der Waals surface area contributed by atoms with Gasteiger partial charge in [0.1, 0.15) is 11.9 Å². The Kier molecular flexibility index (Phi) is 3.80. The summed E-state index contributed by atoms with van der Waals surface area (Å²) in [5, 5.41) is 9.50. The molecule has 1 N–H and O–H groups in total. The van der Waals surface area contributed by atoms with Crippen LogP contribution < -0.4 is 4.74 Å². The van der Waals surface area contributed by atoms with Crippen LogP contribution in [-0.2, 0) is 0 Å². The van der Waals surface area contributed by atoms with Gasteiger partial charge in [-0.05, 0) is 12.5 Å². The molecule has 1 unspecified atom stereocenters. The van der Waals surface area contributed by atoms with Gasteiger partial charge in [-0.15, -0.1) is 6.58 Å². The number of aryl methyl sites for hydroxylation is 1. The van der Waals surface area contributed by atoms with Gasteiger partial charge in [0.05, 0.1) is 0 Å². The van der Waals surface area contributed by atoms with Crippen molar-refractivity contribution in [2.24, 2.45) is 0 Å². The lowest BCUT2D eigenvalue weighted by atomic mass is 10.0. The average molecular weight is 214 g/mol. The minimum absolute atomic E-state index is 0.0138. The number of aliphatic hydroxyl groups is 1. The number of halogens is 2. The maximum Gasteiger partial charge on any atom is 0.387 e. The van der Waals surface area contributed by atoms with Crippen molar-refractivity contribution in [2.75, 3.05) is 0 Å². The Morgan fingerprint density at radius 1 is 1.47 bits per heavy atom. The zero-order valence-corrected chi connectivity index (χ0v) is 8.28. The smallest absolute Gasteiger partial charge is 0.387 e. The Labute approximate surface area is 86.8 Å². The molecule has 1 atom stereocenters. The van der Waals surface area contributed by atoms with Gasteiger partial charge in [0.2, 0.25) is 0 Å². The normalized spacial score (nSPS) is 12.6. The second-order valence-corrected chi connectivity index (χ2v) is 3.05. The highest BCUT2D eigenvalue weighted by Gasteiger charge is 2.15. The molecule has 0 amide bonds. The third-order valence-electron chi connectivity index (χ3n) is 1.99. The minimum Gasteiger partial charge on any atom is -0.434 e. The molecule has 0 aromatic heterocycles. The lowest BCUT2D eigenvalue weighted by molar-refractivity contribution is -0.0516. The van der Waals surface area contributed by atoms with Gasteiger partial charge in [-0.2, -0.15) is 8.78 Å². The minimum atomic E-state index is -2.90. The summed E-state index contributed by atoms with van der Waals surface area (Å²) < 4.78 is 28.6. The number of para-hydroxylation sites is 1. The van der Waals surface area contributed by atoms with Gasteiger partial charge in [-0.25, -0.2) is 0 Å². The SMILES string of the molecule is C=CC(O)c1cccc(C)c1OC(F)F. The Morgan fingerprint density at radius 3 is 2.67 bits per heavy atom. The van der Waals surface area contributed by atoms with Crippen molar-refractivity contribution in [3.63, 3.8) is 0 Å². The Morgan fingerprint density at radius 2 is 2.13 bits per heavy atom. The molecule has 82 valence electrons. The van der Waals surface area contributed by atoms with E-state index in [4.69, 9.17) is 0 Å². The summed E-state index contributed by atoms with van der Waals surface area (Å²) in [6, 6.07) is 4.82. The molecule has 0 spiro atoms. The monoisotopic (exact) mass is 214 g/mol. The number of aliphatic hydroxyl groups excluding tert-OH is 1. The molecule has 0 bridgehead atoms. The topological polar surface area (TPSA) is 29.5 Å². The van der Waals surface area contributed by atoms with Gasteiger partial charge in [0, 0.05) is 5.56 Å². The van der Waals surface area contributed by atoms with Gasteiger partial charge in [0.25, 0.3) is 0 Å². The first-order valence-electron chi connectivity index (χ1n) is 4.41. The van der Waals surface area contributed by atoms with Crippen molar-refractivity contribution in [3.8, 4) is 5.75 Å². The lowest BCUT2D eigenvalue weighted by Gasteiger charge is -2.15. The maximum absolute atomic E-state index is 12.1. The summed E-state index contributed by atoms with van der Waals surface area (Å²) in [5.41, 5.74) is 0.846. The molecule has 0 saturated carbocycles. The highest BCUT2D eigenvalue weighted by atomic mass is 19.3. The van der Waals surface area contributed by atoms with Crippen molar-refractivity contribution in [1.29, 1.82) is 0 Å². The number of hydrogen-bond acceptors (Lipinski definition) is 2. The van der Waals surface area contributed by atoms with Gasteiger partial charge in [-0.3, -0.25) is 0 Å². The molecule has 0 aliphatic rings. The van der Waals surface area contributed by atoms with Crippen LogP contribution in [0, 0.1) is 6.92 Å². The lowest BCUT2D eigenvalue weighted by Crippen LogP contribution is -2.07. The van der Waals surface area contributed by atoms with E-state index in [9.17, 15) is 13.9 Å². The maximum atomic E-state index is 12.1. The molecule has 0 aliphatic carbocycles. The fourth-order valence-electron chi connectivity index (χ4n) is 1.29. The van der Waals surface area contributed by atoms with Crippen LogP contribution in [0.3, 0.4) is 0 Å². The molecule has 0 fully saturated rings. The molecule has 0 heterocycles. The first-order chi connectivity index (χ1) is 7.06. The summed E-state index contributed by atoms with van der Waals surface area (Å²) in [5.74, 6) is 0.0138. The number of alkyl halides is 2. The van der Waals surface area contributed by atoms with Crippen molar-refractivity contribution in [2.45, 2.75) is 19.6 Å². The Hall–Kier alpha value is -1.42. The zero-order valence-electron chi connectivity index (χ0n) is 8.28. The molecule has 0 saturated heterocycles. The third kappa shape index (κ3) is 2.76. The molecule has 1 aromatic rings. The predicted molar refractivity (Wildman–Crippen MR) is 53.0 cm³/mol. The first kappa shape index (κ1) is 11.7. The fourth-order valence-corrected chi connectivity index (χ4v) is 1.29. The second-order valence-electron chi connectivity index (χ2n) is 3.05. The van der Waals surface area contributed by atoms with Gasteiger partial charge >= 0.3 is 6.61 Å². The molecule has 4 heteroatoms. The van der Waals surface area contributed by atoms with Crippen LogP contribution in [0.2, 0.25) is 0 Å². The molecule has 15 heavy (non-hydrogen) atoms. The van der Waals surface area contributed by atoms with Crippen LogP contribution >= 0.6 is 0 Å². The summed E-state index contributed by atoms with van der Waals surface area (Å²) in [7, 11) is 0. The number of benzene rings is 1. The number of ether oxygens (including phenoxy) is 1. The highest BCUT2D eigenvalue weighted by molar-refractivity contribution is 5.43. The number of rotatable bonds is 4. The molecule has 1 aromatic carbocycles. The summed E-state index contributed by atoms with van der Waals surface area (Å²) in [6.07, 6.45) is 0.256. The summed E-state index contributed by atoms with van der Waals surface area (Å²) in [4.78, 5) is 0. The van der Waals surface area contributed by atoms with Gasteiger partial charge in [-0.1, -0.05) is 24.3 Å². The van der Waals surface area contributed by atoms with Crippen LogP contribution in [0.5, 0.6) is 5.75 Å². The van der Waals surface area contributed by atoms with E-state index in [2.05, 4.69) is 11.3 Å². The summed E-state index contributed by atoms with van der Waals surface area (Å²) in [6.45, 7) is 2.13. The van der Waals surface area contributed by atoms with Crippen LogP contribution in [-0.4, -0.2) is 11.7 Å². The first-order valence-corrected chi connectivity index (χ1v) is 4.41. The van der Waals surface area contributed by atoms with Gasteiger partial charge < -0.3 is 9.84 Å². The summed E-state index contributed by atoms with van der Waals surface area (Å²) >= 11 is 0. The number of hydrogen-bond donors (Lipinski definition) is 1. The van der Waals surface area contributed by atoms with E-state index in [1.54, 1.807) is 19.1 Å². The largest absolute Gasteiger partial charge is 0.434 e. The van der Waals surface area contributed by atoms with Crippen molar-refractivity contribution < 1.29 is 18.6 Å². The van der Waals surface area contributed by atoms with E-state index in [0.717, 1.165) is 0 Å². The molecule has 2 nitrogen and oxygen atoms in total.